The number of hydrogen-bond acceptors (Lipinski definition) is 8. The molecule has 0 saturated heterocycles. The molecule has 0 fully saturated rings. The minimum atomic E-state index is 0.594. The van der Waals surface area contributed by atoms with E-state index in [4.69, 9.17) is 38.7 Å². The number of nitrogens with zero attached hydrogens (tertiary/aromatic N) is 6. The van der Waals surface area contributed by atoms with Gasteiger partial charge in [0.1, 0.15) is 22.3 Å². The lowest BCUT2D eigenvalue weighted by molar-refractivity contribution is 0.669. The van der Waals surface area contributed by atoms with Gasteiger partial charge >= 0.3 is 0 Å². The molecule has 4 aromatic heterocycles. The third-order valence-electron chi connectivity index (χ3n) is 20.4. The summed E-state index contributed by atoms with van der Waals surface area (Å²) >= 11 is 0. The van der Waals surface area contributed by atoms with Crippen molar-refractivity contribution in [2.75, 3.05) is 0 Å². The summed E-state index contributed by atoms with van der Waals surface area (Å²) in [7, 11) is 0. The number of rotatable bonds is 10. The van der Waals surface area contributed by atoms with Crippen molar-refractivity contribution < 1.29 is 8.83 Å². The molecule has 21 aromatic rings. The van der Waals surface area contributed by atoms with Crippen molar-refractivity contribution in [1.82, 2.24) is 29.9 Å². The molecule has 0 aliphatic heterocycles. The minimum absolute atomic E-state index is 0.594. The summed E-state index contributed by atoms with van der Waals surface area (Å²) in [5.41, 5.74) is 17.7. The summed E-state index contributed by atoms with van der Waals surface area (Å²) in [4.78, 5) is 30.8. The van der Waals surface area contributed by atoms with Gasteiger partial charge in [-0.1, -0.05) is 291 Å². The van der Waals surface area contributed by atoms with Crippen LogP contribution in [0.3, 0.4) is 0 Å². The molecule has 21 rings (SSSR count). The van der Waals surface area contributed by atoms with E-state index in [0.29, 0.717) is 34.9 Å². The van der Waals surface area contributed by atoms with Crippen LogP contribution in [0.25, 0.3) is 211 Å². The fourth-order valence-corrected chi connectivity index (χ4v) is 15.0. The number of hydrogen-bond donors (Lipinski definition) is 0. The maximum atomic E-state index is 6.74. The summed E-state index contributed by atoms with van der Waals surface area (Å²) < 4.78 is 13.4. The van der Waals surface area contributed by atoms with E-state index in [1.54, 1.807) is 0 Å². The van der Waals surface area contributed by atoms with E-state index < -0.39 is 0 Å². The van der Waals surface area contributed by atoms with Crippen molar-refractivity contribution in [1.29, 1.82) is 0 Å². The Morgan fingerprint density at radius 2 is 0.425 bits per heavy atom. The van der Waals surface area contributed by atoms with Gasteiger partial charge in [0.05, 0.1) is 0 Å². The van der Waals surface area contributed by atoms with Crippen LogP contribution in [0.15, 0.2) is 373 Å². The van der Waals surface area contributed by atoms with Gasteiger partial charge in [-0.3, -0.25) is 0 Å². The van der Waals surface area contributed by atoms with Crippen molar-refractivity contribution in [2.24, 2.45) is 0 Å². The van der Waals surface area contributed by atoms with Crippen LogP contribution < -0.4 is 0 Å². The molecule has 0 spiro atoms. The normalized spacial score (nSPS) is 11.6. The van der Waals surface area contributed by atoms with Gasteiger partial charge < -0.3 is 8.83 Å². The summed E-state index contributed by atoms with van der Waals surface area (Å²) in [6.45, 7) is 0. The molecule has 106 heavy (non-hydrogen) atoms. The molecule has 0 N–H and O–H groups in total. The molecule has 8 heteroatoms. The van der Waals surface area contributed by atoms with Gasteiger partial charge in [0.25, 0.3) is 0 Å². The summed E-state index contributed by atoms with van der Waals surface area (Å²) in [5, 5.41) is 15.7. The minimum Gasteiger partial charge on any atom is -0.455 e. The van der Waals surface area contributed by atoms with Gasteiger partial charge in [-0.05, 0) is 160 Å². The first kappa shape index (κ1) is 61.5. The highest BCUT2D eigenvalue weighted by Gasteiger charge is 2.24. The maximum Gasteiger partial charge on any atom is 0.164 e. The number of aromatic nitrogens is 6. The first-order valence-electron chi connectivity index (χ1n) is 35.6. The van der Waals surface area contributed by atoms with Gasteiger partial charge in [-0.15, -0.1) is 0 Å². The third-order valence-corrected chi connectivity index (χ3v) is 20.4. The second-order valence-corrected chi connectivity index (χ2v) is 26.9. The average molecular weight is 1350 g/mol. The average Bonchev–Trinajstić information content (AvgIpc) is 1.47. The van der Waals surface area contributed by atoms with E-state index in [-0.39, 0.29) is 0 Å². The lowest BCUT2D eigenvalue weighted by Gasteiger charge is -2.12. The molecular weight excluding hydrogens is 1290 g/mol. The molecule has 0 aliphatic rings. The largest absolute Gasteiger partial charge is 0.455 e. The Balaban J connectivity index is 0.000000141. The highest BCUT2D eigenvalue weighted by atomic mass is 16.3. The van der Waals surface area contributed by atoms with Crippen LogP contribution >= 0.6 is 0 Å². The van der Waals surface area contributed by atoms with E-state index in [1.807, 2.05) is 54.6 Å². The Labute approximate surface area is 609 Å². The second kappa shape index (κ2) is 25.9. The quantitative estimate of drug-likeness (QED) is 0.133. The number of para-hydroxylation sites is 2. The lowest BCUT2D eigenvalue weighted by Crippen LogP contribution is -2.00. The van der Waals surface area contributed by atoms with Crippen LogP contribution in [-0.2, 0) is 0 Å². The van der Waals surface area contributed by atoms with E-state index in [0.717, 1.165) is 116 Å². The van der Waals surface area contributed by atoms with Crippen molar-refractivity contribution >= 4 is 97.7 Å². The van der Waals surface area contributed by atoms with Gasteiger partial charge in [0, 0.05) is 66.1 Å². The molecule has 0 unspecified atom stereocenters. The topological polar surface area (TPSA) is 104 Å². The fraction of sp³-hybridized carbons (Fsp3) is 0. The first-order chi connectivity index (χ1) is 52.5. The highest BCUT2D eigenvalue weighted by Crippen LogP contribution is 2.45. The summed E-state index contributed by atoms with van der Waals surface area (Å²) in [6, 6.07) is 127. The predicted octanol–water partition coefficient (Wildman–Crippen LogP) is 26.0. The second-order valence-electron chi connectivity index (χ2n) is 26.9. The van der Waals surface area contributed by atoms with Crippen LogP contribution in [0.2, 0.25) is 0 Å². The van der Waals surface area contributed by atoms with Gasteiger partial charge in [0.15, 0.2) is 34.9 Å². The number of benzene rings is 17. The van der Waals surface area contributed by atoms with E-state index in [1.165, 1.54) is 60.0 Å². The Kier molecular flexibility index (Phi) is 15.0. The van der Waals surface area contributed by atoms with E-state index in [2.05, 4.69) is 309 Å². The Hall–Kier alpha value is -14.3. The maximum absolute atomic E-state index is 6.74. The molecule has 17 aromatic carbocycles. The Morgan fingerprint density at radius 1 is 0.160 bits per heavy atom. The van der Waals surface area contributed by atoms with Gasteiger partial charge in [0.2, 0.25) is 0 Å². The molecule has 4 heterocycles. The molecule has 494 valence electrons. The SMILES string of the molecule is c1ccc(-c2ccc3cc(-c4ccc(-c5nc(-c6ccc7ccccc7c6)nc(-c6ccc7ccccc7c6)n5)c5c4oc4ccccc45)ccc3c2)cc1.c1ccc(-c2nc(-c3ccc4ccccc4c3)nc(-c3ccc(-c4ccc(-c5ccc6ccccc6c5)cc4)c4oc5ccccc5c34)n2)cc1. The van der Waals surface area contributed by atoms with Crippen LogP contribution in [0, 0.1) is 0 Å². The highest BCUT2D eigenvalue weighted by molar-refractivity contribution is 6.17. The molecule has 8 nitrogen and oxygen atoms in total. The van der Waals surface area contributed by atoms with Crippen LogP contribution in [0.1, 0.15) is 0 Å². The van der Waals surface area contributed by atoms with Gasteiger partial charge in [-0.25, -0.2) is 29.9 Å². The zero-order valence-electron chi connectivity index (χ0n) is 57.1. The van der Waals surface area contributed by atoms with Crippen molar-refractivity contribution in [2.45, 2.75) is 0 Å². The van der Waals surface area contributed by atoms with E-state index in [9.17, 15) is 0 Å². The standard InChI is InChI=1S/C51H31N3O.C47H29N3O/c1-2-10-32(11-3-1)37-20-21-39-29-40(23-22-38(39)28-37)43-26-27-45(47-44-16-8-9-17-46(44)55-48(43)47)51-53-49(41-24-18-33-12-4-6-14-35(33)30-41)52-50(54-51)42-25-19-34-13-5-7-15-36(34)31-42;1-2-12-34(13-3-1)45-48-46(38-25-21-31-11-5-7-15-36(31)29-38)50-47(49-45)41-27-26-39(44-43(41)40-16-8-9-17-42(40)51-44)33-22-18-32(19-23-33)37-24-20-30-10-4-6-14-35(30)28-37/h1-31H;1-29H. The summed E-state index contributed by atoms with van der Waals surface area (Å²) in [5.74, 6) is 3.68. The van der Waals surface area contributed by atoms with Crippen LogP contribution in [0.4, 0.5) is 0 Å². The van der Waals surface area contributed by atoms with Gasteiger partial charge in [-0.2, -0.15) is 0 Å². The smallest absolute Gasteiger partial charge is 0.164 e. The fourth-order valence-electron chi connectivity index (χ4n) is 15.0. The zero-order valence-corrected chi connectivity index (χ0v) is 57.1. The molecular formula is C98H60N6O2. The monoisotopic (exact) mass is 1350 g/mol. The molecule has 0 atom stereocenters. The third kappa shape index (κ3) is 11.3. The van der Waals surface area contributed by atoms with Crippen molar-refractivity contribution in [3.05, 3.63) is 364 Å². The van der Waals surface area contributed by atoms with Crippen LogP contribution in [-0.4, -0.2) is 29.9 Å². The number of fused-ring (bicyclic) bond motifs is 11. The zero-order chi connectivity index (χ0) is 70.0. The Bertz CT molecular complexity index is 6930. The molecule has 0 saturated carbocycles. The molecule has 0 radical (unpaired) electrons. The number of furan rings is 2. The molecule has 0 amide bonds. The lowest BCUT2D eigenvalue weighted by atomic mass is 9.95. The Morgan fingerprint density at radius 3 is 0.858 bits per heavy atom. The first-order valence-corrected chi connectivity index (χ1v) is 35.6. The predicted molar refractivity (Wildman–Crippen MR) is 436 cm³/mol. The molecule has 0 aliphatic carbocycles. The van der Waals surface area contributed by atoms with E-state index >= 15 is 0 Å². The summed E-state index contributed by atoms with van der Waals surface area (Å²) in [6.07, 6.45) is 0. The van der Waals surface area contributed by atoms with Crippen molar-refractivity contribution in [3.63, 3.8) is 0 Å². The molecule has 0 bridgehead atoms. The van der Waals surface area contributed by atoms with Crippen molar-refractivity contribution in [3.8, 4) is 113 Å². The van der Waals surface area contributed by atoms with Crippen LogP contribution in [0.5, 0.6) is 0 Å².